The maximum atomic E-state index is 9.34. The zero-order valence-corrected chi connectivity index (χ0v) is 15.3. The third-order valence-corrected chi connectivity index (χ3v) is 3.76. The first-order chi connectivity index (χ1) is 13.2. The molecule has 1 N–H and O–H groups in total. The molecule has 1 aliphatic heterocycles. The Bertz CT molecular complexity index is 1000. The van der Waals surface area contributed by atoms with Crippen LogP contribution in [0.1, 0.15) is 17.1 Å². The van der Waals surface area contributed by atoms with E-state index < -0.39 is 10.2 Å². The Kier molecular flexibility index (Phi) is 5.68. The number of hydrogen-bond acceptors (Lipinski definition) is 7. The first-order valence-electron chi connectivity index (χ1n) is 7.95. The van der Waals surface area contributed by atoms with Crippen molar-refractivity contribution in [2.24, 2.45) is 0 Å². The summed E-state index contributed by atoms with van der Waals surface area (Å²) in [7, 11) is -4.94. The molecular formula is C19H15ClO8. The molecule has 3 aromatic rings. The average Bonchev–Trinajstić information content (AvgIpc) is 3.05. The Labute approximate surface area is 161 Å². The number of fused-ring (bicyclic) bond motifs is 2. The van der Waals surface area contributed by atoms with Crippen molar-refractivity contribution in [2.45, 2.75) is 6.92 Å². The van der Waals surface area contributed by atoms with E-state index in [1.165, 1.54) is 0 Å². The Balaban J connectivity index is 0.000000403. The number of rotatable bonds is 2. The Morgan fingerprint density at radius 1 is 0.964 bits per heavy atom. The fourth-order valence-electron chi connectivity index (χ4n) is 2.65. The first-order valence-corrected chi connectivity index (χ1v) is 9.18. The molecule has 0 aliphatic carbocycles. The zero-order chi connectivity index (χ0) is 20.3. The van der Waals surface area contributed by atoms with Gasteiger partial charge in [0.1, 0.15) is 5.75 Å². The Morgan fingerprint density at radius 3 is 2.21 bits per heavy atom. The maximum Gasteiger partial charge on any atom is 0.360 e. The second kappa shape index (κ2) is 8.01. The van der Waals surface area contributed by atoms with Gasteiger partial charge in [0.05, 0.1) is 12.3 Å². The predicted molar refractivity (Wildman–Crippen MR) is 88.5 cm³/mol. The minimum absolute atomic E-state index is 0.250. The minimum atomic E-state index is -4.94. The molecule has 0 amide bonds. The number of aryl methyl sites for hydroxylation is 1. The summed E-state index contributed by atoms with van der Waals surface area (Å²) in [6, 6.07) is 12.9. The number of halogens is 1. The highest BCUT2D eigenvalue weighted by Gasteiger charge is 2.20. The molecule has 0 radical (unpaired) electrons. The average molecular weight is 407 g/mol. The van der Waals surface area contributed by atoms with E-state index in [0.717, 1.165) is 39.4 Å². The summed E-state index contributed by atoms with van der Waals surface area (Å²) < 4.78 is 50.7. The van der Waals surface area contributed by atoms with Crippen molar-refractivity contribution in [1.29, 1.82) is 0 Å². The molecule has 8 nitrogen and oxygen atoms in total. The number of phenols is 1. The van der Waals surface area contributed by atoms with Gasteiger partial charge in [-0.15, -0.1) is 10.2 Å². The van der Waals surface area contributed by atoms with Crippen molar-refractivity contribution >= 4 is 22.9 Å². The molecule has 9 heteroatoms. The van der Waals surface area contributed by atoms with Crippen molar-refractivity contribution in [3.63, 3.8) is 0 Å². The van der Waals surface area contributed by atoms with E-state index in [9.17, 15) is 5.11 Å². The minimum Gasteiger partial charge on any atom is -0.508 e. The van der Waals surface area contributed by atoms with Crippen molar-refractivity contribution in [1.82, 2.24) is 0 Å². The van der Waals surface area contributed by atoms with Crippen LogP contribution in [0.25, 0.3) is 22.9 Å². The molecule has 1 aromatic heterocycles. The van der Waals surface area contributed by atoms with Gasteiger partial charge in [-0.2, -0.15) is 0 Å². The van der Waals surface area contributed by atoms with Crippen LogP contribution in [0.4, 0.5) is 0 Å². The summed E-state index contributed by atoms with van der Waals surface area (Å²) in [6.07, 6.45) is 3.87. The maximum absolute atomic E-state index is 9.34. The number of ether oxygens (including phenoxy) is 2. The zero-order valence-electron chi connectivity index (χ0n) is 14.6. The van der Waals surface area contributed by atoms with Crippen LogP contribution in [0.2, 0.25) is 0 Å². The van der Waals surface area contributed by atoms with Crippen molar-refractivity contribution in [3.05, 3.63) is 59.5 Å². The van der Waals surface area contributed by atoms with E-state index in [4.69, 9.17) is 32.5 Å². The molecule has 2 aromatic carbocycles. The highest BCUT2D eigenvalue weighted by atomic mass is 35.7. The second-order valence-corrected chi connectivity index (χ2v) is 6.57. The molecule has 1 aliphatic rings. The smallest absolute Gasteiger partial charge is 0.360 e. The van der Waals surface area contributed by atoms with Gasteiger partial charge < -0.3 is 14.6 Å². The molecule has 0 bridgehead atoms. The van der Waals surface area contributed by atoms with Gasteiger partial charge in [-0.05, 0) is 29.8 Å². The second-order valence-electron chi connectivity index (χ2n) is 5.82. The lowest BCUT2D eigenvalue weighted by atomic mass is 10.1. The number of hydrogen-bond donors (Lipinski definition) is 1. The van der Waals surface area contributed by atoms with E-state index in [0.29, 0.717) is 0 Å². The monoisotopic (exact) mass is 406 g/mol. The predicted octanol–water partition coefficient (Wildman–Crippen LogP) is -0.129. The summed E-state index contributed by atoms with van der Waals surface area (Å²) in [5.74, 6) is 3.32. The van der Waals surface area contributed by atoms with Crippen LogP contribution in [0.3, 0.4) is 0 Å². The van der Waals surface area contributed by atoms with Gasteiger partial charge in [-0.25, -0.2) is 23.1 Å². The molecule has 0 atom stereocenters. The van der Waals surface area contributed by atoms with Crippen LogP contribution >= 0.6 is 0 Å². The van der Waals surface area contributed by atoms with E-state index >= 15 is 0 Å². The SMILES string of the molecule is Cc1cc2cc3c(cc2c(/C=C/c2ccc(O)cc2)[o+]1)OCO3.[O-][Cl+3]([O-])([O-])[O-]. The highest BCUT2D eigenvalue weighted by Crippen LogP contribution is 2.38. The summed E-state index contributed by atoms with van der Waals surface area (Å²) in [6.45, 7) is 2.17. The van der Waals surface area contributed by atoms with Gasteiger partial charge in [0.15, 0.2) is 11.5 Å². The quantitative estimate of drug-likeness (QED) is 0.580. The standard InChI is InChI=1S/C19H14O4.ClHO4/c1-12-8-14-9-18-19(22-11-21-18)10-16(14)17(23-12)7-4-13-2-5-15(20)6-3-13;2-1(3,4)5/h2-10H,11H2,1H3;(H,2,3,4,5)/b7-4+;. The van der Waals surface area contributed by atoms with Crippen molar-refractivity contribution < 1.29 is 47.9 Å². The lowest BCUT2D eigenvalue weighted by Crippen LogP contribution is -2.68. The molecule has 0 fully saturated rings. The van der Waals surface area contributed by atoms with E-state index in [2.05, 4.69) is 0 Å². The lowest BCUT2D eigenvalue weighted by Gasteiger charge is -2.17. The fraction of sp³-hybridized carbons (Fsp3) is 0.105. The van der Waals surface area contributed by atoms with Crippen LogP contribution in [-0.4, -0.2) is 11.9 Å². The van der Waals surface area contributed by atoms with Gasteiger partial charge in [0.2, 0.25) is 6.79 Å². The first kappa shape index (κ1) is 19.9. The van der Waals surface area contributed by atoms with Gasteiger partial charge in [0, 0.05) is 23.6 Å². The van der Waals surface area contributed by atoms with Crippen molar-refractivity contribution in [2.75, 3.05) is 6.79 Å². The third-order valence-electron chi connectivity index (χ3n) is 3.76. The van der Waals surface area contributed by atoms with Gasteiger partial charge >= 0.3 is 11.5 Å². The summed E-state index contributed by atoms with van der Waals surface area (Å²) in [5, 5.41) is 11.4. The van der Waals surface area contributed by atoms with Gasteiger partial charge in [-0.1, -0.05) is 12.1 Å². The molecule has 0 unspecified atom stereocenters. The van der Waals surface area contributed by atoms with Crippen molar-refractivity contribution in [3.8, 4) is 17.2 Å². The van der Waals surface area contributed by atoms with E-state index in [-0.39, 0.29) is 12.5 Å². The van der Waals surface area contributed by atoms with Gasteiger partial charge in [0.25, 0.3) is 0 Å². The summed E-state index contributed by atoms with van der Waals surface area (Å²) in [5.41, 5.74) is 0.980. The fourth-order valence-corrected chi connectivity index (χ4v) is 2.65. The molecule has 0 saturated carbocycles. The summed E-state index contributed by atoms with van der Waals surface area (Å²) >= 11 is 0. The summed E-state index contributed by atoms with van der Waals surface area (Å²) in [4.78, 5) is 0. The molecule has 2 heterocycles. The van der Waals surface area contributed by atoms with E-state index in [1.807, 2.05) is 49.4 Å². The normalized spacial score (nSPS) is 12.9. The largest absolute Gasteiger partial charge is 0.508 e. The number of phenolic OH excluding ortho intramolecular Hbond substituents is 1. The Hall–Kier alpha value is -2.88. The molecule has 146 valence electrons. The third kappa shape index (κ3) is 5.32. The molecule has 4 rings (SSSR count). The van der Waals surface area contributed by atoms with Crippen LogP contribution in [-0.2, 0) is 0 Å². The number of aromatic hydroxyl groups is 1. The van der Waals surface area contributed by atoms with E-state index in [1.54, 1.807) is 12.1 Å². The van der Waals surface area contributed by atoms with Crippen LogP contribution < -0.4 is 28.1 Å². The molecule has 0 saturated heterocycles. The topological polar surface area (TPSA) is 142 Å². The molecular weight excluding hydrogens is 392 g/mol. The van der Waals surface area contributed by atoms with Gasteiger partial charge in [-0.3, -0.25) is 0 Å². The van der Waals surface area contributed by atoms with Crippen LogP contribution in [0.15, 0.2) is 46.9 Å². The lowest BCUT2D eigenvalue weighted by molar-refractivity contribution is -2.00. The van der Waals surface area contributed by atoms with Crippen LogP contribution in [0, 0.1) is 17.2 Å². The van der Waals surface area contributed by atoms with Crippen LogP contribution in [0.5, 0.6) is 17.2 Å². The Morgan fingerprint density at radius 2 is 1.57 bits per heavy atom. The molecule has 0 spiro atoms. The molecule has 28 heavy (non-hydrogen) atoms. The number of benzene rings is 2. The highest BCUT2D eigenvalue weighted by molar-refractivity contribution is 5.93.